The number of hydrogen-bond acceptors (Lipinski definition) is 3. The van der Waals surface area contributed by atoms with Gasteiger partial charge in [0.25, 0.3) is 0 Å². The van der Waals surface area contributed by atoms with Crippen LogP contribution in [0, 0.1) is 6.92 Å². The molecule has 0 fully saturated rings. The van der Waals surface area contributed by atoms with Crippen molar-refractivity contribution in [1.82, 2.24) is 10.3 Å². The van der Waals surface area contributed by atoms with Crippen LogP contribution in [0.25, 0.3) is 0 Å². The Balaban J connectivity index is 1.99. The van der Waals surface area contributed by atoms with Gasteiger partial charge in [-0.15, -0.1) is 11.3 Å². The third kappa shape index (κ3) is 1.98. The first-order chi connectivity index (χ1) is 8.79. The summed E-state index contributed by atoms with van der Waals surface area (Å²) in [6.45, 7) is 2.16. The molecule has 1 unspecified atom stereocenters. The van der Waals surface area contributed by atoms with Crippen molar-refractivity contribution < 1.29 is 0 Å². The second-order valence-corrected chi connectivity index (χ2v) is 6.07. The van der Waals surface area contributed by atoms with E-state index in [9.17, 15) is 0 Å². The Kier molecular flexibility index (Phi) is 3.18. The average Bonchev–Trinajstić information content (AvgIpc) is 2.93. The number of rotatable bonds is 3. The largest absolute Gasteiger partial charge is 0.309 e. The number of aryl methyl sites for hydroxylation is 3. The molecule has 1 atom stereocenters. The van der Waals surface area contributed by atoms with Crippen molar-refractivity contribution in [1.29, 1.82) is 0 Å². The Morgan fingerprint density at radius 1 is 1.39 bits per heavy atom. The lowest BCUT2D eigenvalue weighted by molar-refractivity contribution is 0.695. The van der Waals surface area contributed by atoms with Gasteiger partial charge in [-0.3, -0.25) is 4.98 Å². The highest BCUT2D eigenvalue weighted by Crippen LogP contribution is 2.36. The van der Waals surface area contributed by atoms with Crippen LogP contribution in [0.15, 0.2) is 24.5 Å². The number of nitrogens with one attached hydrogen (secondary N) is 1. The zero-order chi connectivity index (χ0) is 12.5. The molecular weight excluding hydrogens is 240 g/mol. The van der Waals surface area contributed by atoms with E-state index < -0.39 is 0 Å². The molecule has 18 heavy (non-hydrogen) atoms. The molecular formula is C15H18N2S. The number of fused-ring (bicyclic) bond motifs is 1. The molecule has 0 radical (unpaired) electrons. The minimum atomic E-state index is 0.286. The summed E-state index contributed by atoms with van der Waals surface area (Å²) < 4.78 is 0. The van der Waals surface area contributed by atoms with E-state index in [1.807, 2.05) is 30.8 Å². The van der Waals surface area contributed by atoms with E-state index in [2.05, 4.69) is 29.4 Å². The van der Waals surface area contributed by atoms with E-state index in [1.54, 1.807) is 10.4 Å². The average molecular weight is 258 g/mol. The third-order valence-corrected chi connectivity index (χ3v) is 5.03. The lowest BCUT2D eigenvalue weighted by Gasteiger charge is -2.17. The van der Waals surface area contributed by atoms with Gasteiger partial charge in [-0.2, -0.15) is 0 Å². The highest BCUT2D eigenvalue weighted by atomic mass is 32.1. The van der Waals surface area contributed by atoms with Gasteiger partial charge in [-0.05, 0) is 62.1 Å². The van der Waals surface area contributed by atoms with E-state index >= 15 is 0 Å². The summed E-state index contributed by atoms with van der Waals surface area (Å²) in [5.41, 5.74) is 4.16. The van der Waals surface area contributed by atoms with Gasteiger partial charge in [-0.25, -0.2) is 0 Å². The molecule has 3 heteroatoms. The predicted molar refractivity (Wildman–Crippen MR) is 76.2 cm³/mol. The zero-order valence-corrected chi connectivity index (χ0v) is 11.7. The first-order valence-electron chi connectivity index (χ1n) is 6.49. The topological polar surface area (TPSA) is 24.9 Å². The number of thiophene rings is 1. The predicted octanol–water partition coefficient (Wildman–Crippen LogP) is 3.25. The Bertz CT molecular complexity index is 538. The van der Waals surface area contributed by atoms with Gasteiger partial charge in [0.05, 0.1) is 6.04 Å². The van der Waals surface area contributed by atoms with Crippen LogP contribution in [0.4, 0.5) is 0 Å². The number of hydrogen-bond donors (Lipinski definition) is 1. The highest BCUT2D eigenvalue weighted by molar-refractivity contribution is 7.12. The summed E-state index contributed by atoms with van der Waals surface area (Å²) in [4.78, 5) is 7.29. The first kappa shape index (κ1) is 11.9. The van der Waals surface area contributed by atoms with Gasteiger partial charge in [0.15, 0.2) is 0 Å². The first-order valence-corrected chi connectivity index (χ1v) is 7.30. The van der Waals surface area contributed by atoms with E-state index in [0.717, 1.165) is 0 Å². The molecule has 0 aliphatic heterocycles. The third-order valence-electron chi connectivity index (χ3n) is 3.73. The lowest BCUT2D eigenvalue weighted by atomic mass is 10.0. The maximum atomic E-state index is 4.27. The van der Waals surface area contributed by atoms with Crippen molar-refractivity contribution in [2.75, 3.05) is 7.05 Å². The van der Waals surface area contributed by atoms with E-state index in [1.165, 1.54) is 35.3 Å². The van der Waals surface area contributed by atoms with E-state index in [-0.39, 0.29) is 6.04 Å². The molecule has 0 saturated carbocycles. The molecule has 3 rings (SSSR count). The summed E-state index contributed by atoms with van der Waals surface area (Å²) in [5.74, 6) is 0. The molecule has 2 heterocycles. The summed E-state index contributed by atoms with van der Waals surface area (Å²) in [5, 5.41) is 3.43. The second-order valence-electron chi connectivity index (χ2n) is 4.90. The SMILES string of the molecule is CNC(c1cc2c(s1)CCC2)c1cnccc1C. The Morgan fingerprint density at radius 3 is 3.00 bits per heavy atom. The maximum Gasteiger partial charge on any atom is 0.0686 e. The minimum absolute atomic E-state index is 0.286. The van der Waals surface area contributed by atoms with Gasteiger partial charge in [-0.1, -0.05) is 0 Å². The molecule has 0 aromatic carbocycles. The van der Waals surface area contributed by atoms with Crippen LogP contribution in [0.5, 0.6) is 0 Å². The van der Waals surface area contributed by atoms with Crippen LogP contribution in [-0.2, 0) is 12.8 Å². The minimum Gasteiger partial charge on any atom is -0.309 e. The molecule has 1 N–H and O–H groups in total. The fraction of sp³-hybridized carbons (Fsp3) is 0.400. The molecule has 1 aliphatic carbocycles. The van der Waals surface area contributed by atoms with Gasteiger partial charge in [0.2, 0.25) is 0 Å². The van der Waals surface area contributed by atoms with E-state index in [0.29, 0.717) is 0 Å². The normalized spacial score (nSPS) is 15.7. The number of aromatic nitrogens is 1. The van der Waals surface area contributed by atoms with Crippen molar-refractivity contribution in [3.05, 3.63) is 51.0 Å². The van der Waals surface area contributed by atoms with Crippen LogP contribution in [-0.4, -0.2) is 12.0 Å². The Labute approximate surface area is 112 Å². The van der Waals surface area contributed by atoms with Gasteiger partial charge in [0, 0.05) is 22.1 Å². The second kappa shape index (κ2) is 4.82. The molecule has 0 spiro atoms. The molecule has 0 saturated heterocycles. The summed E-state index contributed by atoms with van der Waals surface area (Å²) in [6.07, 6.45) is 7.70. The smallest absolute Gasteiger partial charge is 0.0686 e. The summed E-state index contributed by atoms with van der Waals surface area (Å²) in [7, 11) is 2.03. The molecule has 0 amide bonds. The monoisotopic (exact) mass is 258 g/mol. The standard InChI is InChI=1S/C15H18N2S/c1-10-6-7-17-9-12(10)15(16-2)14-8-11-4-3-5-13(11)18-14/h6-9,15-16H,3-5H2,1-2H3. The molecule has 2 aromatic heterocycles. The van der Waals surface area contributed by atoms with Crippen molar-refractivity contribution in [2.24, 2.45) is 0 Å². The quantitative estimate of drug-likeness (QED) is 0.914. The van der Waals surface area contributed by atoms with Crippen molar-refractivity contribution in [2.45, 2.75) is 32.2 Å². The van der Waals surface area contributed by atoms with Gasteiger partial charge < -0.3 is 5.32 Å². The van der Waals surface area contributed by atoms with Crippen LogP contribution in [0.1, 0.15) is 38.9 Å². The molecule has 2 nitrogen and oxygen atoms in total. The maximum absolute atomic E-state index is 4.27. The van der Waals surface area contributed by atoms with Crippen LogP contribution < -0.4 is 5.32 Å². The summed E-state index contributed by atoms with van der Waals surface area (Å²) in [6, 6.07) is 4.76. The molecule has 2 aromatic rings. The van der Waals surface area contributed by atoms with Gasteiger partial charge in [0.1, 0.15) is 0 Å². The lowest BCUT2D eigenvalue weighted by Crippen LogP contribution is -2.17. The Hall–Kier alpha value is -1.19. The van der Waals surface area contributed by atoms with Crippen LogP contribution in [0.2, 0.25) is 0 Å². The molecule has 94 valence electrons. The zero-order valence-electron chi connectivity index (χ0n) is 10.9. The molecule has 0 bridgehead atoms. The Morgan fingerprint density at radius 2 is 2.28 bits per heavy atom. The van der Waals surface area contributed by atoms with Crippen molar-refractivity contribution in [3.63, 3.8) is 0 Å². The fourth-order valence-corrected chi connectivity index (χ4v) is 4.11. The number of pyridine rings is 1. The van der Waals surface area contributed by atoms with Crippen LogP contribution >= 0.6 is 11.3 Å². The number of nitrogens with zero attached hydrogens (tertiary/aromatic N) is 1. The highest BCUT2D eigenvalue weighted by Gasteiger charge is 2.21. The fourth-order valence-electron chi connectivity index (χ4n) is 2.72. The van der Waals surface area contributed by atoms with E-state index in [4.69, 9.17) is 0 Å². The molecule has 1 aliphatic rings. The van der Waals surface area contributed by atoms with Crippen molar-refractivity contribution >= 4 is 11.3 Å². The van der Waals surface area contributed by atoms with Crippen molar-refractivity contribution in [3.8, 4) is 0 Å². The van der Waals surface area contributed by atoms with Crippen LogP contribution in [0.3, 0.4) is 0 Å². The van der Waals surface area contributed by atoms with Gasteiger partial charge >= 0.3 is 0 Å². The summed E-state index contributed by atoms with van der Waals surface area (Å²) >= 11 is 1.97.